The molecule has 1 fully saturated rings. The number of carbonyl (C=O) groups excluding carboxylic acids is 1. The second-order valence-electron chi connectivity index (χ2n) is 4.48. The maximum absolute atomic E-state index is 11.6. The van der Waals surface area contributed by atoms with Gasteiger partial charge in [0.05, 0.1) is 25.7 Å². The fraction of sp³-hybridized carbons (Fsp3) is 0.833. The number of ether oxygens (including phenoxy) is 2. The molecule has 2 atom stereocenters. The van der Waals surface area contributed by atoms with Crippen LogP contribution >= 0.6 is 0 Å². The van der Waals surface area contributed by atoms with Gasteiger partial charge in [-0.25, -0.2) is 4.79 Å². The van der Waals surface area contributed by atoms with Crippen LogP contribution in [0.1, 0.15) is 26.2 Å². The van der Waals surface area contributed by atoms with Gasteiger partial charge >= 0.3 is 5.97 Å². The highest BCUT2D eigenvalue weighted by atomic mass is 16.5. The minimum atomic E-state index is -1.01. The highest BCUT2D eigenvalue weighted by molar-refractivity contribution is 5.83. The van der Waals surface area contributed by atoms with Crippen molar-refractivity contribution in [2.75, 3.05) is 26.9 Å². The summed E-state index contributed by atoms with van der Waals surface area (Å²) >= 11 is 0. The van der Waals surface area contributed by atoms with Gasteiger partial charge < -0.3 is 19.5 Å². The number of carboxylic acid groups (broad SMARTS) is 1. The molecular weight excluding hydrogens is 238 g/mol. The third-order valence-electron chi connectivity index (χ3n) is 3.12. The summed E-state index contributed by atoms with van der Waals surface area (Å²) < 4.78 is 10.7. The van der Waals surface area contributed by atoms with Crippen LogP contribution in [0.2, 0.25) is 0 Å². The average molecular weight is 259 g/mol. The van der Waals surface area contributed by atoms with E-state index in [1.807, 2.05) is 0 Å². The summed E-state index contributed by atoms with van der Waals surface area (Å²) in [6, 6.07) is -0.810. The molecule has 6 nitrogen and oxygen atoms in total. The lowest BCUT2D eigenvalue weighted by molar-refractivity contribution is -0.148. The summed E-state index contributed by atoms with van der Waals surface area (Å²) in [5.74, 6) is -1.23. The molecule has 0 radical (unpaired) electrons. The fourth-order valence-corrected chi connectivity index (χ4v) is 1.71. The van der Waals surface area contributed by atoms with Crippen molar-refractivity contribution in [2.24, 2.45) is 0 Å². The third kappa shape index (κ3) is 4.62. The Hall–Kier alpha value is -1.14. The van der Waals surface area contributed by atoms with Crippen LogP contribution in [0, 0.1) is 0 Å². The molecule has 1 amide bonds. The van der Waals surface area contributed by atoms with Crippen LogP contribution in [0.25, 0.3) is 0 Å². The third-order valence-corrected chi connectivity index (χ3v) is 3.12. The summed E-state index contributed by atoms with van der Waals surface area (Å²) in [4.78, 5) is 23.6. The molecule has 0 spiro atoms. The van der Waals surface area contributed by atoms with Crippen molar-refractivity contribution in [3.8, 4) is 0 Å². The van der Waals surface area contributed by atoms with Crippen molar-refractivity contribution in [3.63, 3.8) is 0 Å². The second-order valence-corrected chi connectivity index (χ2v) is 4.48. The lowest BCUT2D eigenvalue weighted by Crippen LogP contribution is -2.40. The minimum absolute atomic E-state index is 0.149. The molecule has 18 heavy (non-hydrogen) atoms. The van der Waals surface area contributed by atoms with Gasteiger partial charge in [0.25, 0.3) is 0 Å². The van der Waals surface area contributed by atoms with Crippen LogP contribution in [-0.2, 0) is 19.1 Å². The SMILES string of the molecule is CC(C(=O)O)N(C)C(=O)CCOCC1CCCO1. The Bertz CT molecular complexity index is 288. The zero-order chi connectivity index (χ0) is 13.5. The van der Waals surface area contributed by atoms with E-state index in [-0.39, 0.29) is 18.4 Å². The van der Waals surface area contributed by atoms with E-state index in [0.717, 1.165) is 19.4 Å². The zero-order valence-electron chi connectivity index (χ0n) is 10.9. The average Bonchev–Trinajstić information content (AvgIpc) is 2.85. The van der Waals surface area contributed by atoms with Crippen LogP contribution in [0.5, 0.6) is 0 Å². The first-order valence-electron chi connectivity index (χ1n) is 6.20. The van der Waals surface area contributed by atoms with E-state index in [0.29, 0.717) is 13.2 Å². The van der Waals surface area contributed by atoms with Crippen molar-refractivity contribution in [2.45, 2.75) is 38.3 Å². The topological polar surface area (TPSA) is 76.1 Å². The summed E-state index contributed by atoms with van der Waals surface area (Å²) in [5.41, 5.74) is 0. The molecule has 1 rings (SSSR count). The molecule has 1 aliphatic heterocycles. The lowest BCUT2D eigenvalue weighted by atomic mass is 10.2. The van der Waals surface area contributed by atoms with Crippen molar-refractivity contribution in [3.05, 3.63) is 0 Å². The summed E-state index contributed by atoms with van der Waals surface area (Å²) in [6.45, 7) is 3.07. The zero-order valence-corrected chi connectivity index (χ0v) is 10.9. The number of aliphatic carboxylic acids is 1. The van der Waals surface area contributed by atoms with E-state index >= 15 is 0 Å². The van der Waals surface area contributed by atoms with Gasteiger partial charge in [-0.1, -0.05) is 0 Å². The maximum atomic E-state index is 11.6. The quantitative estimate of drug-likeness (QED) is 0.674. The Morgan fingerprint density at radius 2 is 2.28 bits per heavy atom. The molecule has 1 heterocycles. The van der Waals surface area contributed by atoms with E-state index in [1.54, 1.807) is 0 Å². The number of likely N-dealkylation sites (N-methyl/N-ethyl adjacent to an activating group) is 1. The summed E-state index contributed by atoms with van der Waals surface area (Å²) in [7, 11) is 1.49. The van der Waals surface area contributed by atoms with Crippen LogP contribution in [-0.4, -0.2) is 60.9 Å². The number of hydrogen-bond acceptors (Lipinski definition) is 4. The van der Waals surface area contributed by atoms with Crippen LogP contribution in [0.15, 0.2) is 0 Å². The number of carbonyl (C=O) groups is 2. The Kier molecular flexibility index (Phi) is 6.07. The van der Waals surface area contributed by atoms with Gasteiger partial charge in [0.1, 0.15) is 6.04 Å². The maximum Gasteiger partial charge on any atom is 0.326 e. The minimum Gasteiger partial charge on any atom is -0.480 e. The van der Waals surface area contributed by atoms with E-state index < -0.39 is 12.0 Å². The normalized spacial score (nSPS) is 20.7. The first kappa shape index (κ1) is 14.9. The van der Waals surface area contributed by atoms with Crippen LogP contribution in [0.3, 0.4) is 0 Å². The Balaban J connectivity index is 2.14. The largest absolute Gasteiger partial charge is 0.480 e. The smallest absolute Gasteiger partial charge is 0.326 e. The van der Waals surface area contributed by atoms with Gasteiger partial charge in [-0.05, 0) is 19.8 Å². The Morgan fingerprint density at radius 3 is 2.83 bits per heavy atom. The van der Waals surface area contributed by atoms with Crippen molar-refractivity contribution in [1.82, 2.24) is 4.90 Å². The second kappa shape index (κ2) is 7.33. The van der Waals surface area contributed by atoms with Gasteiger partial charge in [-0.2, -0.15) is 0 Å². The summed E-state index contributed by atoms with van der Waals surface area (Å²) in [5, 5.41) is 8.77. The summed E-state index contributed by atoms with van der Waals surface area (Å²) in [6.07, 6.45) is 2.41. The molecule has 0 aliphatic carbocycles. The predicted molar refractivity (Wildman–Crippen MR) is 64.3 cm³/mol. The molecule has 0 aromatic rings. The first-order valence-corrected chi connectivity index (χ1v) is 6.20. The number of rotatable bonds is 7. The molecule has 0 aromatic carbocycles. The number of nitrogens with zero attached hydrogens (tertiary/aromatic N) is 1. The predicted octanol–water partition coefficient (Wildman–Crippen LogP) is 0.504. The van der Waals surface area contributed by atoms with Crippen molar-refractivity contribution >= 4 is 11.9 Å². The molecule has 2 unspecified atom stereocenters. The molecule has 1 saturated heterocycles. The van der Waals surface area contributed by atoms with Crippen molar-refractivity contribution in [1.29, 1.82) is 0 Å². The van der Waals surface area contributed by atoms with E-state index in [4.69, 9.17) is 14.6 Å². The number of carboxylic acids is 1. The number of hydrogen-bond donors (Lipinski definition) is 1. The lowest BCUT2D eigenvalue weighted by Gasteiger charge is -2.21. The molecular formula is C12H21NO5. The van der Waals surface area contributed by atoms with Gasteiger partial charge in [-0.3, -0.25) is 4.79 Å². The Morgan fingerprint density at radius 1 is 1.56 bits per heavy atom. The molecule has 1 aliphatic rings. The number of amides is 1. The molecule has 104 valence electrons. The van der Waals surface area contributed by atoms with E-state index in [2.05, 4.69) is 0 Å². The van der Waals surface area contributed by atoms with Crippen LogP contribution in [0.4, 0.5) is 0 Å². The fourth-order valence-electron chi connectivity index (χ4n) is 1.71. The van der Waals surface area contributed by atoms with Crippen LogP contribution < -0.4 is 0 Å². The molecule has 6 heteroatoms. The molecule has 0 aromatic heterocycles. The van der Waals surface area contributed by atoms with Gasteiger partial charge in [0.2, 0.25) is 5.91 Å². The first-order chi connectivity index (χ1) is 8.52. The molecule has 1 N–H and O–H groups in total. The van der Waals surface area contributed by atoms with E-state index in [9.17, 15) is 9.59 Å². The van der Waals surface area contributed by atoms with Gasteiger partial charge in [0, 0.05) is 13.7 Å². The molecule has 0 bridgehead atoms. The molecule has 0 saturated carbocycles. The highest BCUT2D eigenvalue weighted by Crippen LogP contribution is 2.12. The van der Waals surface area contributed by atoms with Gasteiger partial charge in [-0.15, -0.1) is 0 Å². The van der Waals surface area contributed by atoms with E-state index in [1.165, 1.54) is 18.9 Å². The monoisotopic (exact) mass is 259 g/mol. The standard InChI is InChI=1S/C12H21NO5/c1-9(12(15)16)13(2)11(14)5-7-17-8-10-4-3-6-18-10/h9-10H,3-8H2,1-2H3,(H,15,16). The Labute approximate surface area is 107 Å². The van der Waals surface area contributed by atoms with Crippen molar-refractivity contribution < 1.29 is 24.2 Å². The highest BCUT2D eigenvalue weighted by Gasteiger charge is 2.21. The van der Waals surface area contributed by atoms with Gasteiger partial charge in [0.15, 0.2) is 0 Å².